The number of H-pyrrole nitrogens is 1. The lowest BCUT2D eigenvalue weighted by Gasteiger charge is -2.36. The molecule has 176 valence electrons. The first-order chi connectivity index (χ1) is 16.4. The van der Waals surface area contributed by atoms with Crippen molar-refractivity contribution >= 4 is 44.2 Å². The third-order valence-corrected chi connectivity index (χ3v) is 7.79. The summed E-state index contributed by atoms with van der Waals surface area (Å²) >= 11 is 0. The molecule has 2 fully saturated rings. The highest BCUT2D eigenvalue weighted by Crippen LogP contribution is 2.44. The molecule has 9 nitrogen and oxygen atoms in total. The van der Waals surface area contributed by atoms with Gasteiger partial charge in [0.2, 0.25) is 0 Å². The minimum absolute atomic E-state index is 0.130. The van der Waals surface area contributed by atoms with Crippen molar-refractivity contribution in [3.8, 4) is 11.8 Å². The van der Waals surface area contributed by atoms with E-state index in [2.05, 4.69) is 25.2 Å². The Morgan fingerprint density at radius 2 is 2.12 bits per heavy atom. The minimum Gasteiger partial charge on any atom is -0.423 e. The fourth-order valence-corrected chi connectivity index (χ4v) is 5.64. The molecule has 4 aromatic rings. The van der Waals surface area contributed by atoms with E-state index in [1.165, 1.54) is 24.5 Å². The molecule has 1 aliphatic heterocycles. The zero-order valence-electron chi connectivity index (χ0n) is 18.7. The molecule has 11 heteroatoms. The largest absolute Gasteiger partial charge is 0.423 e. The second-order valence-corrected chi connectivity index (χ2v) is 10.3. The van der Waals surface area contributed by atoms with E-state index < -0.39 is 10.8 Å². The lowest BCUT2D eigenvalue weighted by molar-refractivity contribution is 0.194. The van der Waals surface area contributed by atoms with Crippen LogP contribution in [0.4, 0.5) is 15.9 Å². The molecule has 1 saturated heterocycles. The zero-order chi connectivity index (χ0) is 23.6. The van der Waals surface area contributed by atoms with Gasteiger partial charge in [0.25, 0.3) is 0 Å². The Kier molecular flexibility index (Phi) is 4.92. The van der Waals surface area contributed by atoms with Gasteiger partial charge < -0.3 is 25.7 Å². The van der Waals surface area contributed by atoms with Crippen LogP contribution in [0.25, 0.3) is 21.9 Å². The summed E-state index contributed by atoms with van der Waals surface area (Å²) in [5, 5.41) is 4.49. The molecule has 2 aliphatic rings. The van der Waals surface area contributed by atoms with E-state index in [0.717, 1.165) is 30.4 Å². The summed E-state index contributed by atoms with van der Waals surface area (Å²) in [6.45, 7) is 1.61. The molecule has 34 heavy (non-hydrogen) atoms. The van der Waals surface area contributed by atoms with Crippen LogP contribution in [-0.2, 0) is 10.8 Å². The highest BCUT2D eigenvalue weighted by Gasteiger charge is 2.46. The van der Waals surface area contributed by atoms with E-state index in [9.17, 15) is 8.60 Å². The topological polar surface area (TPSA) is 122 Å². The Hall–Kier alpha value is -3.31. The number of benzene rings is 1. The number of aromatic nitrogens is 4. The first-order valence-electron chi connectivity index (χ1n) is 11.1. The molecule has 1 aliphatic carbocycles. The molecule has 3 aromatic heterocycles. The maximum atomic E-state index is 14.5. The average molecular weight is 482 g/mol. The maximum Gasteiger partial charge on any atom is 0.326 e. The first-order valence-corrected chi connectivity index (χ1v) is 12.6. The molecular weight excluding hydrogens is 457 g/mol. The molecule has 4 heterocycles. The second-order valence-electron chi connectivity index (χ2n) is 8.95. The molecule has 0 bridgehead atoms. The maximum absolute atomic E-state index is 14.5. The average Bonchev–Trinajstić information content (AvgIpc) is 3.35. The highest BCUT2D eigenvalue weighted by atomic mass is 32.2. The zero-order valence-corrected chi connectivity index (χ0v) is 19.5. The number of pyridine rings is 1. The van der Waals surface area contributed by atoms with Crippen molar-refractivity contribution in [1.82, 2.24) is 19.9 Å². The standard InChI is InChI=1S/C23H24FN7O2S/c1-26-18-5-12(24)4-15-19-21(28-20(15)18)29-23(33-13-6-14(34(2)32)8-27-7-13)30-22(19)31-9-11-3-17(25)16(11)10-31/h4-8,11,16-17,26H,3,9-10,25H2,1-2H3,(H,28,29,30)/t11?,16?,17-,34?/m1/s1. The first kappa shape index (κ1) is 21.2. The summed E-state index contributed by atoms with van der Waals surface area (Å²) < 4.78 is 32.3. The van der Waals surface area contributed by atoms with Crippen molar-refractivity contribution in [2.45, 2.75) is 17.4 Å². The summed E-state index contributed by atoms with van der Waals surface area (Å²) in [5.74, 6) is 1.68. The third-order valence-electron chi connectivity index (χ3n) is 6.90. The van der Waals surface area contributed by atoms with Crippen LogP contribution in [0, 0.1) is 17.7 Å². The highest BCUT2D eigenvalue weighted by molar-refractivity contribution is 7.84. The van der Waals surface area contributed by atoms with Gasteiger partial charge >= 0.3 is 6.01 Å². The number of nitrogens with one attached hydrogen (secondary N) is 2. The van der Waals surface area contributed by atoms with E-state index in [4.69, 9.17) is 15.5 Å². The van der Waals surface area contributed by atoms with Crippen LogP contribution in [0.1, 0.15) is 6.42 Å². The lowest BCUT2D eigenvalue weighted by Crippen LogP contribution is -2.46. The number of halogens is 1. The van der Waals surface area contributed by atoms with Crippen molar-refractivity contribution in [2.75, 3.05) is 36.6 Å². The number of fused-ring (bicyclic) bond motifs is 4. The van der Waals surface area contributed by atoms with Crippen LogP contribution in [0.2, 0.25) is 0 Å². The SMILES string of the molecule is CNc1cc(F)cc2c1[nH]c1nc(Oc3cncc(S(C)=O)c3)nc(N3CC4C[C@@H](N)C4C3)c12. The van der Waals surface area contributed by atoms with Crippen molar-refractivity contribution < 1.29 is 13.3 Å². The van der Waals surface area contributed by atoms with Gasteiger partial charge in [-0.1, -0.05) is 0 Å². The number of ether oxygens (including phenoxy) is 1. The lowest BCUT2D eigenvalue weighted by atomic mass is 9.72. The Labute approximate surface area is 197 Å². The van der Waals surface area contributed by atoms with Crippen LogP contribution < -0.4 is 20.7 Å². The van der Waals surface area contributed by atoms with Gasteiger partial charge in [0.05, 0.1) is 38.5 Å². The van der Waals surface area contributed by atoms with Gasteiger partial charge in [0, 0.05) is 50.1 Å². The number of aromatic amines is 1. The number of anilines is 2. The van der Waals surface area contributed by atoms with E-state index in [-0.39, 0.29) is 17.9 Å². The van der Waals surface area contributed by atoms with Crippen molar-refractivity contribution in [1.29, 1.82) is 0 Å². The van der Waals surface area contributed by atoms with Gasteiger partial charge in [-0.3, -0.25) is 9.19 Å². The van der Waals surface area contributed by atoms with Gasteiger partial charge in [0.1, 0.15) is 17.3 Å². The molecule has 0 spiro atoms. The summed E-state index contributed by atoms with van der Waals surface area (Å²) in [4.78, 5) is 19.5. The van der Waals surface area contributed by atoms with Crippen molar-refractivity contribution in [3.05, 3.63) is 36.4 Å². The Morgan fingerprint density at radius 3 is 2.85 bits per heavy atom. The van der Waals surface area contributed by atoms with Gasteiger partial charge in [-0.2, -0.15) is 9.97 Å². The number of hydrogen-bond acceptors (Lipinski definition) is 8. The van der Waals surface area contributed by atoms with Crippen LogP contribution >= 0.6 is 0 Å². The fourth-order valence-electron chi connectivity index (χ4n) is 5.15. The predicted molar refractivity (Wildman–Crippen MR) is 129 cm³/mol. The normalized spacial score (nSPS) is 22.6. The number of nitrogens with two attached hydrogens (primary N) is 1. The summed E-state index contributed by atoms with van der Waals surface area (Å²) in [6.07, 6.45) is 5.64. The monoisotopic (exact) mass is 481 g/mol. The Morgan fingerprint density at radius 1 is 1.26 bits per heavy atom. The molecule has 0 amide bonds. The summed E-state index contributed by atoms with van der Waals surface area (Å²) in [7, 11) is 0.549. The van der Waals surface area contributed by atoms with Gasteiger partial charge in [-0.25, -0.2) is 4.39 Å². The Bertz CT molecular complexity index is 1460. The van der Waals surface area contributed by atoms with E-state index >= 15 is 0 Å². The van der Waals surface area contributed by atoms with E-state index in [1.54, 1.807) is 19.4 Å². The minimum atomic E-state index is -1.20. The molecule has 6 rings (SSSR count). The van der Waals surface area contributed by atoms with Crippen molar-refractivity contribution in [3.63, 3.8) is 0 Å². The molecule has 0 radical (unpaired) electrons. The molecule has 4 N–H and O–H groups in total. The fraction of sp³-hybridized carbons (Fsp3) is 0.348. The Balaban J connectivity index is 1.51. The summed E-state index contributed by atoms with van der Waals surface area (Å²) in [6, 6.07) is 4.93. The third kappa shape index (κ3) is 3.38. The molecule has 3 unspecified atom stereocenters. The predicted octanol–water partition coefficient (Wildman–Crippen LogP) is 3.00. The van der Waals surface area contributed by atoms with Crippen LogP contribution in [-0.4, -0.2) is 56.6 Å². The summed E-state index contributed by atoms with van der Waals surface area (Å²) in [5.41, 5.74) is 8.16. The smallest absolute Gasteiger partial charge is 0.326 e. The molecule has 4 atom stereocenters. The molecule has 1 aromatic carbocycles. The molecule has 1 saturated carbocycles. The van der Waals surface area contributed by atoms with E-state index in [1.807, 2.05) is 0 Å². The van der Waals surface area contributed by atoms with Crippen LogP contribution in [0.5, 0.6) is 11.8 Å². The van der Waals surface area contributed by atoms with Crippen LogP contribution in [0.15, 0.2) is 35.5 Å². The van der Waals surface area contributed by atoms with Gasteiger partial charge in [0.15, 0.2) is 5.75 Å². The molecular formula is C23H24FN7O2S. The van der Waals surface area contributed by atoms with E-state index in [0.29, 0.717) is 45.0 Å². The number of nitrogens with zero attached hydrogens (tertiary/aromatic N) is 4. The van der Waals surface area contributed by atoms with Gasteiger partial charge in [-0.15, -0.1) is 0 Å². The van der Waals surface area contributed by atoms with Crippen molar-refractivity contribution in [2.24, 2.45) is 17.6 Å². The van der Waals surface area contributed by atoms with Gasteiger partial charge in [-0.05, 0) is 30.4 Å². The number of hydrogen-bond donors (Lipinski definition) is 3. The number of rotatable bonds is 5. The second kappa shape index (κ2) is 7.88. The van der Waals surface area contributed by atoms with Crippen LogP contribution in [0.3, 0.4) is 0 Å². The quantitative estimate of drug-likeness (QED) is 0.398.